The minimum atomic E-state index is -4.15. The molecule has 0 spiro atoms. The van der Waals surface area contributed by atoms with Gasteiger partial charge in [-0.15, -0.1) is 0 Å². The van der Waals surface area contributed by atoms with Crippen LogP contribution in [0.1, 0.15) is 81.7 Å². The van der Waals surface area contributed by atoms with Crippen molar-refractivity contribution >= 4 is 19.6 Å². The Morgan fingerprint density at radius 3 is 1.16 bits per heavy atom. The molecule has 0 amide bonds. The molecule has 144 valence electrons. The number of hydrogen-bond donors (Lipinski definition) is 0. The van der Waals surface area contributed by atoms with Crippen LogP contribution in [0.25, 0.3) is 0 Å². The summed E-state index contributed by atoms with van der Waals surface area (Å²) in [5.74, 6) is 0. The first kappa shape index (κ1) is 22.9. The molecule has 0 aromatic heterocycles. The summed E-state index contributed by atoms with van der Waals surface area (Å²) in [7, 11) is 0. The van der Waals surface area contributed by atoms with Crippen molar-refractivity contribution in [2.24, 2.45) is 0 Å². The maximum absolute atomic E-state index is 6.76. The van der Waals surface area contributed by atoms with E-state index in [9.17, 15) is 0 Å². The summed E-state index contributed by atoms with van der Waals surface area (Å²) in [4.78, 5) is 0. The SMILES string of the molecule is CC(C)(C)[O][Sn]([O]C(C)(C)C)([O]C(C)(C)C)[C](C)(C)c1ccccc1. The average molecular weight is 457 g/mol. The van der Waals surface area contributed by atoms with E-state index < -0.39 is 19.6 Å². The van der Waals surface area contributed by atoms with Gasteiger partial charge in [-0.05, 0) is 0 Å². The number of hydrogen-bond acceptors (Lipinski definition) is 3. The maximum atomic E-state index is 6.76. The van der Waals surface area contributed by atoms with E-state index in [4.69, 9.17) is 9.22 Å². The van der Waals surface area contributed by atoms with Crippen LogP contribution in [0.4, 0.5) is 0 Å². The third kappa shape index (κ3) is 6.85. The van der Waals surface area contributed by atoms with Crippen LogP contribution in [-0.4, -0.2) is 36.4 Å². The molecule has 0 bridgehead atoms. The van der Waals surface area contributed by atoms with Crippen LogP contribution in [0.15, 0.2) is 30.3 Å². The molecule has 25 heavy (non-hydrogen) atoms. The Bertz CT molecular complexity index is 504. The molecule has 0 N–H and O–H groups in total. The van der Waals surface area contributed by atoms with E-state index in [0.717, 1.165) is 0 Å². The zero-order valence-electron chi connectivity index (χ0n) is 18.1. The molecule has 0 saturated carbocycles. The Morgan fingerprint density at radius 1 is 0.560 bits per heavy atom. The van der Waals surface area contributed by atoms with E-state index in [2.05, 4.69) is 100 Å². The standard InChI is InChI=1S/C9H11.3C4H9O.Sn/c1-8(2)9-6-4-3-5-7-9;3*1-4(2,3)5;/h3-7H,1-2H3;3*1-3H3;/q;3*-1;+3. The molecule has 4 heteroatoms. The molecule has 0 heterocycles. The van der Waals surface area contributed by atoms with Gasteiger partial charge < -0.3 is 0 Å². The van der Waals surface area contributed by atoms with Gasteiger partial charge in [0.25, 0.3) is 0 Å². The van der Waals surface area contributed by atoms with Gasteiger partial charge in [0, 0.05) is 0 Å². The first-order valence-corrected chi connectivity index (χ1v) is 14.1. The summed E-state index contributed by atoms with van der Waals surface area (Å²) in [6.07, 6.45) is 0. The Hall–Kier alpha value is -0.101. The van der Waals surface area contributed by atoms with Gasteiger partial charge in [0.05, 0.1) is 0 Å². The van der Waals surface area contributed by atoms with Crippen molar-refractivity contribution in [3.8, 4) is 0 Å². The molecule has 0 fully saturated rings. The summed E-state index contributed by atoms with van der Waals surface area (Å²) < 4.78 is 20.0. The molecule has 1 rings (SSSR count). The molecule has 0 aliphatic rings. The van der Waals surface area contributed by atoms with Gasteiger partial charge in [-0.3, -0.25) is 0 Å². The zero-order valence-corrected chi connectivity index (χ0v) is 21.0. The van der Waals surface area contributed by atoms with E-state index in [0.29, 0.717) is 0 Å². The normalized spacial score (nSPS) is 14.7. The second-order valence-electron chi connectivity index (χ2n) is 10.2. The topological polar surface area (TPSA) is 27.7 Å². The average Bonchev–Trinajstić information content (AvgIpc) is 2.33. The monoisotopic (exact) mass is 458 g/mol. The molecular weight excluding hydrogens is 419 g/mol. The molecule has 0 aliphatic heterocycles. The summed E-state index contributed by atoms with van der Waals surface area (Å²) >= 11 is -4.15. The van der Waals surface area contributed by atoms with Crippen LogP contribution in [0.3, 0.4) is 0 Å². The van der Waals surface area contributed by atoms with Gasteiger partial charge in [0.15, 0.2) is 0 Å². The van der Waals surface area contributed by atoms with E-state index in [1.807, 2.05) is 6.07 Å². The molecule has 0 unspecified atom stereocenters. The van der Waals surface area contributed by atoms with Gasteiger partial charge in [-0.25, -0.2) is 0 Å². The Labute approximate surface area is 161 Å². The fourth-order valence-electron chi connectivity index (χ4n) is 2.69. The van der Waals surface area contributed by atoms with E-state index in [1.165, 1.54) is 5.56 Å². The van der Waals surface area contributed by atoms with Crippen molar-refractivity contribution in [3.05, 3.63) is 35.9 Å². The zero-order chi connectivity index (χ0) is 19.7. The molecule has 0 saturated heterocycles. The van der Waals surface area contributed by atoms with Gasteiger partial charge in [0.1, 0.15) is 0 Å². The number of rotatable bonds is 5. The fourth-order valence-corrected chi connectivity index (χ4v) is 13.6. The van der Waals surface area contributed by atoms with E-state index in [-0.39, 0.29) is 20.2 Å². The van der Waals surface area contributed by atoms with Crippen LogP contribution in [0.2, 0.25) is 0 Å². The van der Waals surface area contributed by atoms with Crippen molar-refractivity contribution < 1.29 is 9.22 Å². The van der Waals surface area contributed by atoms with Crippen molar-refractivity contribution in [1.29, 1.82) is 0 Å². The van der Waals surface area contributed by atoms with Crippen LogP contribution in [0.5, 0.6) is 0 Å². The predicted molar refractivity (Wildman–Crippen MR) is 108 cm³/mol. The van der Waals surface area contributed by atoms with Crippen molar-refractivity contribution in [1.82, 2.24) is 0 Å². The van der Waals surface area contributed by atoms with Crippen molar-refractivity contribution in [2.75, 3.05) is 0 Å². The molecule has 1 aromatic carbocycles. The summed E-state index contributed by atoms with van der Waals surface area (Å²) in [5.41, 5.74) is 0.152. The predicted octanol–water partition coefficient (Wildman–Crippen LogP) is 5.89. The van der Waals surface area contributed by atoms with E-state index >= 15 is 0 Å². The third-order valence-corrected chi connectivity index (χ3v) is 16.3. The van der Waals surface area contributed by atoms with Crippen LogP contribution < -0.4 is 0 Å². The third-order valence-electron chi connectivity index (χ3n) is 3.58. The molecule has 0 radical (unpaired) electrons. The Kier molecular flexibility index (Phi) is 6.87. The summed E-state index contributed by atoms with van der Waals surface area (Å²) in [6.45, 7) is 23.2. The van der Waals surface area contributed by atoms with Crippen molar-refractivity contribution in [2.45, 2.75) is 96.4 Å². The summed E-state index contributed by atoms with van der Waals surface area (Å²) in [5, 5.41) is 0. The van der Waals surface area contributed by atoms with Crippen LogP contribution in [-0.2, 0) is 12.7 Å². The minimum absolute atomic E-state index is 0.330. The van der Waals surface area contributed by atoms with Gasteiger partial charge in [0.2, 0.25) is 0 Å². The fraction of sp³-hybridized carbons (Fsp3) is 0.714. The molecule has 3 nitrogen and oxygen atoms in total. The van der Waals surface area contributed by atoms with E-state index in [1.54, 1.807) is 0 Å². The number of benzene rings is 1. The first-order chi connectivity index (χ1) is 11.0. The Morgan fingerprint density at radius 2 is 0.880 bits per heavy atom. The second kappa shape index (κ2) is 7.49. The van der Waals surface area contributed by atoms with Gasteiger partial charge in [-0.1, -0.05) is 0 Å². The second-order valence-corrected chi connectivity index (χ2v) is 18.7. The summed E-state index contributed by atoms with van der Waals surface area (Å²) in [6, 6.07) is 10.5. The first-order valence-electron chi connectivity index (χ1n) is 9.14. The van der Waals surface area contributed by atoms with Crippen LogP contribution >= 0.6 is 0 Å². The van der Waals surface area contributed by atoms with Gasteiger partial charge in [-0.2, -0.15) is 0 Å². The quantitative estimate of drug-likeness (QED) is 0.517. The Balaban J connectivity index is 3.60. The molecular formula is C21H38O3Sn. The molecule has 1 aromatic rings. The van der Waals surface area contributed by atoms with Crippen molar-refractivity contribution in [3.63, 3.8) is 0 Å². The van der Waals surface area contributed by atoms with Gasteiger partial charge >= 0.3 is 161 Å². The molecule has 0 atom stereocenters. The van der Waals surface area contributed by atoms with Crippen LogP contribution in [0, 0.1) is 0 Å². The molecule has 0 aliphatic carbocycles.